The lowest BCUT2D eigenvalue weighted by atomic mass is 9.87. The molecule has 5 rings (SSSR count). The van der Waals surface area contributed by atoms with E-state index in [-0.39, 0.29) is 29.4 Å². The summed E-state index contributed by atoms with van der Waals surface area (Å²) >= 11 is 0. The molecule has 3 heterocycles. The van der Waals surface area contributed by atoms with Gasteiger partial charge in [-0.3, -0.25) is 9.69 Å². The summed E-state index contributed by atoms with van der Waals surface area (Å²) in [5, 5.41) is 8.83. The standard InChI is InChI=1S/C34H44F2N6O3/c1-23-19-25(35)8-10-28(23)29-9-7-24(20-30(29)36)31(43)41-22-27(11-13-34(41,5)6)42-21-26(37-38-42)12-14-39-15-17-40(18-16-39)32(44)45-33(2,3)4/h7-10,19-21,27H,11-18,22H2,1-6H3. The number of aromatic nitrogens is 3. The number of amides is 2. The largest absolute Gasteiger partial charge is 0.444 e. The Labute approximate surface area is 264 Å². The van der Waals surface area contributed by atoms with Crippen molar-refractivity contribution in [2.45, 2.75) is 78.0 Å². The van der Waals surface area contributed by atoms with E-state index in [1.165, 1.54) is 18.2 Å². The van der Waals surface area contributed by atoms with Crippen LogP contribution in [0.2, 0.25) is 0 Å². The molecule has 0 spiro atoms. The number of halogens is 2. The summed E-state index contributed by atoms with van der Waals surface area (Å²) < 4.78 is 36.2. The maximum absolute atomic E-state index is 15.3. The Hall–Kier alpha value is -3.86. The van der Waals surface area contributed by atoms with Gasteiger partial charge in [0.2, 0.25) is 0 Å². The van der Waals surface area contributed by atoms with Crippen molar-refractivity contribution in [3.63, 3.8) is 0 Å². The Morgan fingerprint density at radius 3 is 2.40 bits per heavy atom. The van der Waals surface area contributed by atoms with Crippen LogP contribution in [0.15, 0.2) is 42.6 Å². The molecular weight excluding hydrogens is 578 g/mol. The Morgan fingerprint density at radius 1 is 1.02 bits per heavy atom. The number of piperidine rings is 1. The highest BCUT2D eigenvalue weighted by Crippen LogP contribution is 2.35. The van der Waals surface area contributed by atoms with Gasteiger partial charge in [-0.05, 0) is 89.8 Å². The molecule has 1 atom stereocenters. The molecule has 3 aromatic rings. The third kappa shape index (κ3) is 7.69. The van der Waals surface area contributed by atoms with Crippen molar-refractivity contribution in [2.24, 2.45) is 0 Å². The lowest BCUT2D eigenvalue weighted by molar-refractivity contribution is 0.0145. The molecule has 0 bridgehead atoms. The van der Waals surface area contributed by atoms with Crippen LogP contribution in [-0.2, 0) is 11.2 Å². The van der Waals surface area contributed by atoms with Crippen LogP contribution < -0.4 is 0 Å². The molecule has 2 aliphatic heterocycles. The SMILES string of the molecule is Cc1cc(F)ccc1-c1ccc(C(=O)N2CC(n3cc(CCN4CCN(C(=O)OC(C)(C)C)CC4)nn3)CCC2(C)C)cc1F. The molecule has 11 heteroatoms. The molecule has 9 nitrogen and oxygen atoms in total. The molecule has 1 unspecified atom stereocenters. The Kier molecular flexibility index (Phi) is 9.30. The molecule has 2 saturated heterocycles. The second-order valence-electron chi connectivity index (χ2n) is 13.8. The summed E-state index contributed by atoms with van der Waals surface area (Å²) in [6, 6.07) is 8.70. The zero-order chi connectivity index (χ0) is 32.5. The lowest BCUT2D eigenvalue weighted by Crippen LogP contribution is -2.53. The van der Waals surface area contributed by atoms with E-state index in [1.54, 1.807) is 30.0 Å². The summed E-state index contributed by atoms with van der Waals surface area (Å²) in [4.78, 5) is 32.0. The first-order valence-corrected chi connectivity index (χ1v) is 15.7. The number of nitrogens with zero attached hydrogens (tertiary/aromatic N) is 6. The number of carbonyl (C=O) groups is 2. The summed E-state index contributed by atoms with van der Waals surface area (Å²) in [6.07, 6.45) is 4.02. The number of hydrogen-bond donors (Lipinski definition) is 0. The third-order valence-corrected chi connectivity index (χ3v) is 8.79. The summed E-state index contributed by atoms with van der Waals surface area (Å²) in [7, 11) is 0. The van der Waals surface area contributed by atoms with E-state index >= 15 is 4.39 Å². The first kappa shape index (κ1) is 32.5. The highest BCUT2D eigenvalue weighted by molar-refractivity contribution is 5.95. The monoisotopic (exact) mass is 622 g/mol. The van der Waals surface area contributed by atoms with Crippen molar-refractivity contribution in [3.8, 4) is 11.1 Å². The van der Waals surface area contributed by atoms with Gasteiger partial charge in [-0.2, -0.15) is 0 Å². The van der Waals surface area contributed by atoms with Gasteiger partial charge in [-0.15, -0.1) is 5.10 Å². The minimum atomic E-state index is -0.519. The number of carbonyl (C=O) groups excluding carboxylic acids is 2. The Balaban J connectivity index is 1.19. The number of likely N-dealkylation sites (tertiary alicyclic amines) is 1. The number of benzene rings is 2. The van der Waals surface area contributed by atoms with Crippen LogP contribution in [0.4, 0.5) is 13.6 Å². The second kappa shape index (κ2) is 12.9. The number of piperazine rings is 1. The molecule has 2 amide bonds. The minimum absolute atomic E-state index is 0.0495. The fourth-order valence-corrected chi connectivity index (χ4v) is 6.09. The molecular formula is C34H44F2N6O3. The van der Waals surface area contributed by atoms with Gasteiger partial charge in [0.15, 0.2) is 0 Å². The predicted molar refractivity (Wildman–Crippen MR) is 168 cm³/mol. The van der Waals surface area contributed by atoms with E-state index in [2.05, 4.69) is 15.2 Å². The number of hydrogen-bond acceptors (Lipinski definition) is 6. The first-order valence-electron chi connectivity index (χ1n) is 15.7. The highest BCUT2D eigenvalue weighted by Gasteiger charge is 2.39. The van der Waals surface area contributed by atoms with Crippen molar-refractivity contribution in [3.05, 3.63) is 71.1 Å². The average Bonchev–Trinajstić information content (AvgIpc) is 3.44. The van der Waals surface area contributed by atoms with Crippen molar-refractivity contribution < 1.29 is 23.1 Å². The molecule has 2 aromatic carbocycles. The van der Waals surface area contributed by atoms with E-state index in [0.717, 1.165) is 44.6 Å². The van der Waals surface area contributed by atoms with E-state index in [9.17, 15) is 14.0 Å². The van der Waals surface area contributed by atoms with Gasteiger partial charge >= 0.3 is 6.09 Å². The first-order chi connectivity index (χ1) is 21.2. The van der Waals surface area contributed by atoms with Gasteiger partial charge in [-0.1, -0.05) is 17.3 Å². The number of ether oxygens (including phenoxy) is 1. The Bertz CT molecular complexity index is 1540. The number of aryl methyl sites for hydroxylation is 1. The summed E-state index contributed by atoms with van der Waals surface area (Å²) in [6.45, 7) is 15.4. The topological polar surface area (TPSA) is 83.8 Å². The molecule has 2 aliphatic rings. The van der Waals surface area contributed by atoms with Crippen molar-refractivity contribution >= 4 is 12.0 Å². The van der Waals surface area contributed by atoms with Gasteiger partial charge in [-0.25, -0.2) is 18.3 Å². The summed E-state index contributed by atoms with van der Waals surface area (Å²) in [5.74, 6) is -1.13. The average molecular weight is 623 g/mol. The fourth-order valence-electron chi connectivity index (χ4n) is 6.09. The van der Waals surface area contributed by atoms with Gasteiger partial charge in [0.25, 0.3) is 5.91 Å². The Morgan fingerprint density at radius 2 is 1.73 bits per heavy atom. The minimum Gasteiger partial charge on any atom is -0.444 e. The van der Waals surface area contributed by atoms with Gasteiger partial charge in [0.05, 0.1) is 11.7 Å². The van der Waals surface area contributed by atoms with Crippen LogP contribution in [0, 0.1) is 18.6 Å². The maximum Gasteiger partial charge on any atom is 0.410 e. The number of rotatable bonds is 6. The van der Waals surface area contributed by atoms with Crippen LogP contribution >= 0.6 is 0 Å². The zero-order valence-corrected chi connectivity index (χ0v) is 27.1. The van der Waals surface area contributed by atoms with E-state index < -0.39 is 17.0 Å². The third-order valence-electron chi connectivity index (χ3n) is 8.79. The van der Waals surface area contributed by atoms with Crippen LogP contribution in [-0.4, -0.2) is 92.1 Å². The maximum atomic E-state index is 15.3. The molecule has 0 N–H and O–H groups in total. The fraction of sp³-hybridized carbons (Fsp3) is 0.529. The smallest absolute Gasteiger partial charge is 0.410 e. The van der Waals surface area contributed by atoms with Crippen molar-refractivity contribution in [1.82, 2.24) is 29.7 Å². The van der Waals surface area contributed by atoms with E-state index in [0.29, 0.717) is 36.3 Å². The van der Waals surface area contributed by atoms with Gasteiger partial charge in [0, 0.05) is 68.6 Å². The highest BCUT2D eigenvalue weighted by atomic mass is 19.1. The molecule has 0 saturated carbocycles. The van der Waals surface area contributed by atoms with E-state index in [1.807, 2.05) is 50.4 Å². The molecule has 242 valence electrons. The normalized spacial score (nSPS) is 19.1. The van der Waals surface area contributed by atoms with Crippen LogP contribution in [0.3, 0.4) is 0 Å². The molecule has 0 aliphatic carbocycles. The van der Waals surface area contributed by atoms with Crippen LogP contribution in [0.5, 0.6) is 0 Å². The van der Waals surface area contributed by atoms with Gasteiger partial charge in [0.1, 0.15) is 17.2 Å². The second-order valence-corrected chi connectivity index (χ2v) is 13.8. The lowest BCUT2D eigenvalue weighted by Gasteiger charge is -2.45. The molecule has 0 radical (unpaired) electrons. The van der Waals surface area contributed by atoms with E-state index in [4.69, 9.17) is 4.74 Å². The van der Waals surface area contributed by atoms with Crippen molar-refractivity contribution in [1.29, 1.82) is 0 Å². The van der Waals surface area contributed by atoms with Crippen molar-refractivity contribution in [2.75, 3.05) is 39.3 Å². The molecule has 45 heavy (non-hydrogen) atoms. The zero-order valence-electron chi connectivity index (χ0n) is 27.1. The van der Waals surface area contributed by atoms with Gasteiger partial charge < -0.3 is 14.5 Å². The van der Waals surface area contributed by atoms with Crippen LogP contribution in [0.1, 0.15) is 75.1 Å². The summed E-state index contributed by atoms with van der Waals surface area (Å²) in [5.41, 5.74) is 1.78. The molecule has 1 aromatic heterocycles. The molecule has 2 fully saturated rings. The van der Waals surface area contributed by atoms with Crippen LogP contribution in [0.25, 0.3) is 11.1 Å². The quantitative estimate of drug-likeness (QED) is 0.341. The predicted octanol–water partition coefficient (Wildman–Crippen LogP) is 5.88.